The lowest BCUT2D eigenvalue weighted by molar-refractivity contribution is 0.0696. The topological polar surface area (TPSA) is 56.7 Å². The van der Waals surface area contributed by atoms with Gasteiger partial charge in [0.25, 0.3) is 0 Å². The van der Waals surface area contributed by atoms with Gasteiger partial charge in [-0.1, -0.05) is 13.8 Å². The maximum Gasteiger partial charge on any atom is 0.335 e. The van der Waals surface area contributed by atoms with Crippen molar-refractivity contribution < 1.29 is 9.90 Å². The molecular formula is C16H25N3O2. The molecule has 5 nitrogen and oxygen atoms in total. The first kappa shape index (κ1) is 15.8. The Morgan fingerprint density at radius 1 is 1.38 bits per heavy atom. The Hall–Kier alpha value is -1.62. The van der Waals surface area contributed by atoms with Crippen LogP contribution in [-0.2, 0) is 6.42 Å². The van der Waals surface area contributed by atoms with E-state index in [9.17, 15) is 9.90 Å². The van der Waals surface area contributed by atoms with Crippen LogP contribution in [0.4, 0.5) is 5.82 Å². The van der Waals surface area contributed by atoms with Crippen LogP contribution < -0.4 is 4.90 Å². The molecule has 21 heavy (non-hydrogen) atoms. The van der Waals surface area contributed by atoms with E-state index in [2.05, 4.69) is 21.7 Å². The molecule has 1 N–H and O–H groups in total. The van der Waals surface area contributed by atoms with Gasteiger partial charge in [0, 0.05) is 31.9 Å². The van der Waals surface area contributed by atoms with Crippen molar-refractivity contribution in [3.8, 4) is 0 Å². The summed E-state index contributed by atoms with van der Waals surface area (Å²) < 4.78 is 0. The van der Waals surface area contributed by atoms with Crippen molar-refractivity contribution in [1.82, 2.24) is 9.88 Å². The molecule has 1 aromatic heterocycles. The van der Waals surface area contributed by atoms with E-state index in [1.54, 1.807) is 12.1 Å². The average molecular weight is 291 g/mol. The van der Waals surface area contributed by atoms with Gasteiger partial charge in [-0.15, -0.1) is 0 Å². The van der Waals surface area contributed by atoms with Gasteiger partial charge in [-0.2, -0.15) is 0 Å². The molecule has 0 unspecified atom stereocenters. The van der Waals surface area contributed by atoms with Gasteiger partial charge >= 0.3 is 5.97 Å². The lowest BCUT2D eigenvalue weighted by Gasteiger charge is -2.37. The highest BCUT2D eigenvalue weighted by Crippen LogP contribution is 2.22. The normalized spacial score (nSPS) is 16.9. The van der Waals surface area contributed by atoms with Crippen LogP contribution >= 0.6 is 0 Å². The molecule has 0 aliphatic carbocycles. The van der Waals surface area contributed by atoms with Crippen molar-refractivity contribution in [2.45, 2.75) is 39.2 Å². The molecule has 0 saturated carbocycles. The molecule has 0 radical (unpaired) electrons. The number of carboxylic acid groups (broad SMARTS) is 1. The fourth-order valence-corrected chi connectivity index (χ4v) is 2.87. The summed E-state index contributed by atoms with van der Waals surface area (Å²) >= 11 is 0. The van der Waals surface area contributed by atoms with Crippen molar-refractivity contribution >= 4 is 11.8 Å². The van der Waals surface area contributed by atoms with E-state index in [4.69, 9.17) is 0 Å². The van der Waals surface area contributed by atoms with Gasteiger partial charge in [-0.05, 0) is 37.9 Å². The zero-order valence-electron chi connectivity index (χ0n) is 13.2. The summed E-state index contributed by atoms with van der Waals surface area (Å²) in [6.07, 6.45) is 2.95. The average Bonchev–Trinajstić information content (AvgIpc) is 2.53. The maximum absolute atomic E-state index is 11.2. The standard InChI is InChI=1S/C16H25N3O2/c1-4-13-10-12(16(20)21)11-15(17-13)18(3)14-6-8-19(5-2)9-7-14/h10-11,14H,4-9H2,1-3H3,(H,20,21). The van der Waals surface area contributed by atoms with Crippen LogP contribution in [0.25, 0.3) is 0 Å². The summed E-state index contributed by atoms with van der Waals surface area (Å²) in [6, 6.07) is 3.79. The summed E-state index contributed by atoms with van der Waals surface area (Å²) in [5, 5.41) is 9.24. The first-order chi connectivity index (χ1) is 10.0. The van der Waals surface area contributed by atoms with Crippen LogP contribution in [0.3, 0.4) is 0 Å². The van der Waals surface area contributed by atoms with Crippen LogP contribution in [0.5, 0.6) is 0 Å². The second-order valence-corrected chi connectivity index (χ2v) is 5.64. The molecule has 5 heteroatoms. The quantitative estimate of drug-likeness (QED) is 0.902. The fraction of sp³-hybridized carbons (Fsp3) is 0.625. The Morgan fingerprint density at radius 2 is 2.05 bits per heavy atom. The molecular weight excluding hydrogens is 266 g/mol. The summed E-state index contributed by atoms with van der Waals surface area (Å²) in [5.74, 6) is -0.107. The van der Waals surface area contributed by atoms with Crippen LogP contribution in [0.15, 0.2) is 12.1 Å². The van der Waals surface area contributed by atoms with E-state index < -0.39 is 5.97 Å². The van der Waals surface area contributed by atoms with Gasteiger partial charge in [0.1, 0.15) is 5.82 Å². The number of hydrogen-bond acceptors (Lipinski definition) is 4. The second-order valence-electron chi connectivity index (χ2n) is 5.64. The number of rotatable bonds is 5. The molecule has 0 spiro atoms. The lowest BCUT2D eigenvalue weighted by atomic mass is 10.0. The Morgan fingerprint density at radius 3 is 2.57 bits per heavy atom. The largest absolute Gasteiger partial charge is 0.478 e. The monoisotopic (exact) mass is 291 g/mol. The van der Waals surface area contributed by atoms with E-state index in [1.165, 1.54) is 0 Å². The Balaban J connectivity index is 2.16. The van der Waals surface area contributed by atoms with E-state index in [0.29, 0.717) is 11.6 Å². The molecule has 1 aliphatic heterocycles. The van der Waals surface area contributed by atoms with Crippen LogP contribution in [0, 0.1) is 0 Å². The van der Waals surface area contributed by atoms with Crippen LogP contribution in [-0.4, -0.2) is 53.7 Å². The zero-order valence-corrected chi connectivity index (χ0v) is 13.2. The minimum atomic E-state index is -0.887. The Bertz CT molecular complexity index is 496. The van der Waals surface area contributed by atoms with Gasteiger partial charge in [0.05, 0.1) is 5.56 Å². The fourth-order valence-electron chi connectivity index (χ4n) is 2.87. The first-order valence-electron chi connectivity index (χ1n) is 7.74. The number of anilines is 1. The molecule has 1 aromatic rings. The lowest BCUT2D eigenvalue weighted by Crippen LogP contribution is -2.43. The molecule has 1 saturated heterocycles. The maximum atomic E-state index is 11.2. The second kappa shape index (κ2) is 6.89. The number of aromatic nitrogens is 1. The van der Waals surface area contributed by atoms with Crippen LogP contribution in [0.2, 0.25) is 0 Å². The smallest absolute Gasteiger partial charge is 0.335 e. The minimum absolute atomic E-state index is 0.328. The van der Waals surface area contributed by atoms with E-state index >= 15 is 0 Å². The zero-order chi connectivity index (χ0) is 15.4. The summed E-state index contributed by atoms with van der Waals surface area (Å²) in [5.41, 5.74) is 1.16. The number of nitrogens with zero attached hydrogens (tertiary/aromatic N) is 3. The third kappa shape index (κ3) is 3.73. The number of carbonyl (C=O) groups is 1. The number of carboxylic acids is 1. The molecule has 116 valence electrons. The number of piperidine rings is 1. The van der Waals surface area contributed by atoms with Crippen molar-refractivity contribution in [3.63, 3.8) is 0 Å². The van der Waals surface area contributed by atoms with Gasteiger partial charge in [0.2, 0.25) is 0 Å². The molecule has 2 rings (SSSR count). The van der Waals surface area contributed by atoms with Crippen molar-refractivity contribution in [3.05, 3.63) is 23.4 Å². The summed E-state index contributed by atoms with van der Waals surface area (Å²) in [7, 11) is 2.03. The molecule has 0 bridgehead atoms. The predicted molar refractivity (Wildman–Crippen MR) is 84.1 cm³/mol. The van der Waals surface area contributed by atoms with E-state index in [0.717, 1.165) is 50.4 Å². The minimum Gasteiger partial charge on any atom is -0.478 e. The van der Waals surface area contributed by atoms with Crippen LogP contribution in [0.1, 0.15) is 42.7 Å². The summed E-state index contributed by atoms with van der Waals surface area (Å²) in [6.45, 7) is 7.49. The molecule has 0 amide bonds. The van der Waals surface area contributed by atoms with E-state index in [1.807, 2.05) is 14.0 Å². The highest BCUT2D eigenvalue weighted by Gasteiger charge is 2.23. The third-order valence-electron chi connectivity index (χ3n) is 4.39. The van der Waals surface area contributed by atoms with Gasteiger partial charge in [-0.25, -0.2) is 9.78 Å². The molecule has 2 heterocycles. The SMILES string of the molecule is CCc1cc(C(=O)O)cc(N(C)C2CCN(CC)CC2)n1. The van der Waals surface area contributed by atoms with E-state index in [-0.39, 0.29) is 0 Å². The van der Waals surface area contributed by atoms with Crippen molar-refractivity contribution in [1.29, 1.82) is 0 Å². The summed E-state index contributed by atoms with van der Waals surface area (Å²) in [4.78, 5) is 20.4. The first-order valence-corrected chi connectivity index (χ1v) is 7.74. The number of aryl methyl sites for hydroxylation is 1. The Labute approximate surface area is 126 Å². The number of pyridine rings is 1. The highest BCUT2D eigenvalue weighted by molar-refractivity contribution is 5.88. The molecule has 0 atom stereocenters. The third-order valence-corrected chi connectivity index (χ3v) is 4.39. The molecule has 1 aliphatic rings. The number of hydrogen-bond donors (Lipinski definition) is 1. The molecule has 0 aromatic carbocycles. The van der Waals surface area contributed by atoms with Gasteiger partial charge in [-0.3, -0.25) is 0 Å². The highest BCUT2D eigenvalue weighted by atomic mass is 16.4. The van der Waals surface area contributed by atoms with Gasteiger partial charge < -0.3 is 14.9 Å². The number of likely N-dealkylation sites (tertiary alicyclic amines) is 1. The molecule has 1 fully saturated rings. The number of aromatic carboxylic acids is 1. The Kier molecular flexibility index (Phi) is 5.17. The van der Waals surface area contributed by atoms with Crippen molar-refractivity contribution in [2.24, 2.45) is 0 Å². The van der Waals surface area contributed by atoms with Crippen molar-refractivity contribution in [2.75, 3.05) is 31.6 Å². The predicted octanol–water partition coefficient (Wildman–Crippen LogP) is 2.26. The van der Waals surface area contributed by atoms with Gasteiger partial charge in [0.15, 0.2) is 0 Å².